The fourth-order valence-electron chi connectivity index (χ4n) is 1.62. The summed E-state index contributed by atoms with van der Waals surface area (Å²) >= 11 is 0. The third-order valence-electron chi connectivity index (χ3n) is 2.57. The molecule has 110 valence electrons. The van der Waals surface area contributed by atoms with Crippen molar-refractivity contribution < 1.29 is 19.2 Å². The van der Waals surface area contributed by atoms with Gasteiger partial charge in [-0.25, -0.2) is 4.79 Å². The molecule has 0 amide bonds. The van der Waals surface area contributed by atoms with Crippen LogP contribution in [0, 0.1) is 21.4 Å². The van der Waals surface area contributed by atoms with Crippen molar-refractivity contribution in [2.45, 2.75) is 13.3 Å². The van der Waals surface area contributed by atoms with Gasteiger partial charge in [0.2, 0.25) is 0 Å². The fourth-order valence-corrected chi connectivity index (χ4v) is 1.62. The molecule has 0 aliphatic rings. The molecule has 0 spiro atoms. The van der Waals surface area contributed by atoms with Crippen molar-refractivity contribution in [3.8, 4) is 11.8 Å². The fraction of sp³-hybridized carbons (Fsp3) is 0.286. The van der Waals surface area contributed by atoms with Gasteiger partial charge in [0, 0.05) is 6.07 Å². The molecule has 0 saturated heterocycles. The van der Waals surface area contributed by atoms with Crippen LogP contribution in [-0.2, 0) is 9.53 Å². The van der Waals surface area contributed by atoms with Crippen molar-refractivity contribution in [3.05, 3.63) is 39.4 Å². The van der Waals surface area contributed by atoms with Crippen LogP contribution in [0.15, 0.2) is 23.8 Å². The predicted octanol–water partition coefficient (Wildman–Crippen LogP) is 2.46. The number of methoxy groups -OCH3 is 1. The standard InChI is InChI=1S/C14H14N2O5/c1-3-21-14(17)10(6-7-15)8-11-9-12(20-2)4-5-13(11)16(18)19/h4-5,8-9H,3,6H2,1-2H3. The van der Waals surface area contributed by atoms with Crippen LogP contribution in [0.2, 0.25) is 0 Å². The lowest BCUT2D eigenvalue weighted by Gasteiger charge is -2.05. The molecular formula is C14H14N2O5. The Hall–Kier alpha value is -2.88. The molecule has 0 atom stereocenters. The van der Waals surface area contributed by atoms with E-state index < -0.39 is 10.9 Å². The SMILES string of the molecule is CCOC(=O)C(=Cc1cc(OC)ccc1[N+](=O)[O-])CC#N. The van der Waals surface area contributed by atoms with Crippen molar-refractivity contribution in [1.29, 1.82) is 5.26 Å². The smallest absolute Gasteiger partial charge is 0.335 e. The minimum atomic E-state index is -0.670. The highest BCUT2D eigenvalue weighted by Gasteiger charge is 2.17. The maximum atomic E-state index is 11.7. The maximum Gasteiger partial charge on any atom is 0.335 e. The Labute approximate surface area is 121 Å². The third kappa shape index (κ3) is 4.31. The number of esters is 1. The minimum Gasteiger partial charge on any atom is -0.497 e. The lowest BCUT2D eigenvalue weighted by Crippen LogP contribution is -2.07. The molecule has 1 aromatic rings. The van der Waals surface area contributed by atoms with E-state index in [-0.39, 0.29) is 29.9 Å². The van der Waals surface area contributed by atoms with Gasteiger partial charge in [-0.15, -0.1) is 0 Å². The summed E-state index contributed by atoms with van der Waals surface area (Å²) in [7, 11) is 1.43. The number of nitrogens with zero attached hydrogens (tertiary/aromatic N) is 2. The van der Waals surface area contributed by atoms with Crippen molar-refractivity contribution in [2.24, 2.45) is 0 Å². The van der Waals surface area contributed by atoms with Crippen LogP contribution < -0.4 is 4.74 Å². The maximum absolute atomic E-state index is 11.7. The van der Waals surface area contributed by atoms with Gasteiger partial charge < -0.3 is 9.47 Å². The van der Waals surface area contributed by atoms with Gasteiger partial charge in [-0.1, -0.05) is 0 Å². The van der Waals surface area contributed by atoms with Gasteiger partial charge >= 0.3 is 5.97 Å². The number of carbonyl (C=O) groups excluding carboxylic acids is 1. The second-order valence-electron chi connectivity index (χ2n) is 3.91. The van der Waals surface area contributed by atoms with Gasteiger partial charge in [0.25, 0.3) is 5.69 Å². The van der Waals surface area contributed by atoms with Crippen molar-refractivity contribution in [3.63, 3.8) is 0 Å². The molecule has 1 aromatic carbocycles. The molecule has 21 heavy (non-hydrogen) atoms. The third-order valence-corrected chi connectivity index (χ3v) is 2.57. The van der Waals surface area contributed by atoms with E-state index in [2.05, 4.69) is 0 Å². The quantitative estimate of drug-likeness (QED) is 0.345. The Morgan fingerprint density at radius 1 is 1.52 bits per heavy atom. The summed E-state index contributed by atoms with van der Waals surface area (Å²) in [6.07, 6.45) is 1.08. The number of benzene rings is 1. The number of ether oxygens (including phenoxy) is 2. The van der Waals surface area contributed by atoms with E-state index in [0.29, 0.717) is 5.75 Å². The molecular weight excluding hydrogens is 276 g/mol. The Bertz CT molecular complexity index is 616. The molecule has 1 rings (SSSR count). The summed E-state index contributed by atoms with van der Waals surface area (Å²) in [4.78, 5) is 22.2. The summed E-state index contributed by atoms with van der Waals surface area (Å²) in [6.45, 7) is 1.79. The molecule has 0 fully saturated rings. The van der Waals surface area contributed by atoms with Crippen LogP contribution in [0.5, 0.6) is 5.75 Å². The normalized spacial score (nSPS) is 10.6. The van der Waals surface area contributed by atoms with Crippen molar-refractivity contribution in [2.75, 3.05) is 13.7 Å². The van der Waals surface area contributed by atoms with Crippen LogP contribution in [0.3, 0.4) is 0 Å². The summed E-state index contributed by atoms with van der Waals surface area (Å²) in [5.41, 5.74) is 0.0453. The Morgan fingerprint density at radius 3 is 2.76 bits per heavy atom. The molecule has 0 heterocycles. The predicted molar refractivity (Wildman–Crippen MR) is 74.5 cm³/mol. The summed E-state index contributed by atoms with van der Waals surface area (Å²) in [5, 5.41) is 19.8. The van der Waals surface area contributed by atoms with E-state index in [1.54, 1.807) is 6.92 Å². The number of hydrogen-bond acceptors (Lipinski definition) is 6. The summed E-state index contributed by atoms with van der Waals surface area (Å²) < 4.78 is 9.83. The van der Waals surface area contributed by atoms with E-state index in [9.17, 15) is 14.9 Å². The van der Waals surface area contributed by atoms with Crippen LogP contribution in [0.4, 0.5) is 5.69 Å². The van der Waals surface area contributed by atoms with Gasteiger partial charge in [0.1, 0.15) is 5.75 Å². The van der Waals surface area contributed by atoms with Crippen LogP contribution in [0.1, 0.15) is 18.9 Å². The van der Waals surface area contributed by atoms with Crippen LogP contribution in [-0.4, -0.2) is 24.6 Å². The Balaban J connectivity index is 3.33. The van der Waals surface area contributed by atoms with E-state index in [1.165, 1.54) is 31.4 Å². The van der Waals surface area contributed by atoms with Gasteiger partial charge in [0.15, 0.2) is 0 Å². The second-order valence-corrected chi connectivity index (χ2v) is 3.91. The molecule has 0 aromatic heterocycles. The Morgan fingerprint density at radius 2 is 2.24 bits per heavy atom. The highest BCUT2D eigenvalue weighted by Crippen LogP contribution is 2.26. The summed E-state index contributed by atoms with van der Waals surface area (Å²) in [5.74, 6) is -0.261. The average molecular weight is 290 g/mol. The van der Waals surface area contributed by atoms with Gasteiger partial charge in [-0.3, -0.25) is 10.1 Å². The Kier molecular flexibility index (Phi) is 5.89. The van der Waals surface area contributed by atoms with Gasteiger partial charge in [-0.2, -0.15) is 5.26 Å². The largest absolute Gasteiger partial charge is 0.497 e. The number of nitriles is 1. The zero-order chi connectivity index (χ0) is 15.8. The number of hydrogen-bond donors (Lipinski definition) is 0. The first kappa shape index (κ1) is 16.2. The number of nitro benzene ring substituents is 1. The topological polar surface area (TPSA) is 102 Å². The van der Waals surface area contributed by atoms with Gasteiger partial charge in [0.05, 0.1) is 42.3 Å². The lowest BCUT2D eigenvalue weighted by molar-refractivity contribution is -0.385. The second kappa shape index (κ2) is 7.65. The molecule has 7 nitrogen and oxygen atoms in total. The number of rotatable bonds is 6. The molecule has 0 bridgehead atoms. The molecule has 7 heteroatoms. The number of nitro groups is 1. The molecule has 0 aliphatic heterocycles. The molecule has 0 N–H and O–H groups in total. The first-order valence-electron chi connectivity index (χ1n) is 6.10. The first-order valence-corrected chi connectivity index (χ1v) is 6.10. The van der Waals surface area contributed by atoms with Crippen molar-refractivity contribution in [1.82, 2.24) is 0 Å². The highest BCUT2D eigenvalue weighted by atomic mass is 16.6. The van der Waals surface area contributed by atoms with E-state index >= 15 is 0 Å². The minimum absolute atomic E-state index is 0.0516. The molecule has 0 radical (unpaired) electrons. The van der Waals surface area contributed by atoms with Gasteiger partial charge in [-0.05, 0) is 25.1 Å². The monoisotopic (exact) mass is 290 g/mol. The van der Waals surface area contributed by atoms with Crippen molar-refractivity contribution >= 4 is 17.7 Å². The first-order chi connectivity index (χ1) is 10.0. The van der Waals surface area contributed by atoms with Crippen LogP contribution in [0.25, 0.3) is 6.08 Å². The van der Waals surface area contributed by atoms with E-state index in [1.807, 2.05) is 6.07 Å². The molecule has 0 unspecified atom stereocenters. The molecule has 0 aliphatic carbocycles. The average Bonchev–Trinajstić information content (AvgIpc) is 2.46. The lowest BCUT2D eigenvalue weighted by atomic mass is 10.1. The zero-order valence-corrected chi connectivity index (χ0v) is 11.7. The van der Waals surface area contributed by atoms with E-state index in [4.69, 9.17) is 14.7 Å². The highest BCUT2D eigenvalue weighted by molar-refractivity contribution is 5.94. The summed E-state index contributed by atoms with van der Waals surface area (Å²) in [6, 6.07) is 5.99. The van der Waals surface area contributed by atoms with E-state index in [0.717, 1.165) is 0 Å². The van der Waals surface area contributed by atoms with Crippen LogP contribution >= 0.6 is 0 Å². The molecule has 0 saturated carbocycles. The number of carbonyl (C=O) groups is 1. The zero-order valence-electron chi connectivity index (χ0n) is 11.7.